The van der Waals surface area contributed by atoms with Crippen LogP contribution in [0.4, 0.5) is 35.1 Å². The summed E-state index contributed by atoms with van der Waals surface area (Å²) in [6.07, 6.45) is -10.3. The van der Waals surface area contributed by atoms with Crippen molar-refractivity contribution in [2.75, 3.05) is 0 Å². The summed E-state index contributed by atoms with van der Waals surface area (Å²) in [5.74, 6) is -3.38. The molecule has 126 valence electrons. The third-order valence-electron chi connectivity index (χ3n) is 3.11. The van der Waals surface area contributed by atoms with E-state index in [1.807, 2.05) is 0 Å². The van der Waals surface area contributed by atoms with Crippen LogP contribution in [-0.4, -0.2) is 0 Å². The van der Waals surface area contributed by atoms with Crippen molar-refractivity contribution in [3.05, 3.63) is 58.7 Å². The minimum absolute atomic E-state index is 0.190. The number of rotatable bonds is 1. The van der Waals surface area contributed by atoms with Crippen LogP contribution < -0.4 is 0 Å². The Balaban J connectivity index is 2.92. The quantitative estimate of drug-likeness (QED) is 0.619. The largest absolute Gasteiger partial charge is 0.417 e. The number of nitriles is 1. The number of hydrogen-bond acceptors (Lipinski definition) is 1. The first kappa shape index (κ1) is 17.7. The third kappa shape index (κ3) is 3.18. The number of hydrogen-bond donors (Lipinski definition) is 0. The molecule has 2 aromatic rings. The van der Waals surface area contributed by atoms with Gasteiger partial charge in [0.05, 0.1) is 16.7 Å². The van der Waals surface area contributed by atoms with Crippen molar-refractivity contribution in [2.24, 2.45) is 0 Å². The molecule has 0 bridgehead atoms. The molecule has 0 heterocycles. The molecule has 9 heteroatoms. The molecule has 0 radical (unpaired) electrons. The van der Waals surface area contributed by atoms with Gasteiger partial charge in [-0.05, 0) is 29.8 Å². The number of halogens is 8. The average Bonchev–Trinajstić information content (AvgIpc) is 2.47. The van der Waals surface area contributed by atoms with Gasteiger partial charge in [0.1, 0.15) is 6.07 Å². The van der Waals surface area contributed by atoms with E-state index in [-0.39, 0.29) is 6.07 Å². The van der Waals surface area contributed by atoms with Crippen molar-refractivity contribution in [2.45, 2.75) is 12.4 Å². The van der Waals surface area contributed by atoms with Crippen LogP contribution in [-0.2, 0) is 12.4 Å². The van der Waals surface area contributed by atoms with Gasteiger partial charge in [0.15, 0.2) is 11.6 Å². The lowest BCUT2D eigenvalue weighted by molar-refractivity contribution is -0.142. The van der Waals surface area contributed by atoms with Gasteiger partial charge in [-0.3, -0.25) is 0 Å². The van der Waals surface area contributed by atoms with Crippen molar-refractivity contribution in [3.8, 4) is 17.2 Å². The molecule has 2 aromatic carbocycles. The molecule has 0 fully saturated rings. The molecule has 0 aromatic heterocycles. The molecule has 0 N–H and O–H groups in total. The number of alkyl halides is 6. The third-order valence-corrected chi connectivity index (χ3v) is 3.11. The van der Waals surface area contributed by atoms with E-state index in [2.05, 4.69) is 0 Å². The van der Waals surface area contributed by atoms with Crippen molar-refractivity contribution in [3.63, 3.8) is 0 Å². The molecule has 24 heavy (non-hydrogen) atoms. The van der Waals surface area contributed by atoms with E-state index in [0.29, 0.717) is 24.3 Å². The van der Waals surface area contributed by atoms with Crippen LogP contribution in [0.25, 0.3) is 11.1 Å². The van der Waals surface area contributed by atoms with Crippen LogP contribution in [0.3, 0.4) is 0 Å². The minimum atomic E-state index is -5.17. The highest BCUT2D eigenvalue weighted by Gasteiger charge is 2.41. The van der Waals surface area contributed by atoms with Gasteiger partial charge in [-0.25, -0.2) is 8.78 Å². The average molecular weight is 351 g/mol. The molecule has 0 aliphatic heterocycles. The van der Waals surface area contributed by atoms with Gasteiger partial charge in [0.2, 0.25) is 0 Å². The fourth-order valence-electron chi connectivity index (χ4n) is 2.15. The Morgan fingerprint density at radius 3 is 1.75 bits per heavy atom. The van der Waals surface area contributed by atoms with E-state index >= 15 is 0 Å². The Labute approximate surface area is 129 Å². The molecule has 0 atom stereocenters. The van der Waals surface area contributed by atoms with Gasteiger partial charge >= 0.3 is 12.4 Å². The maximum absolute atomic E-state index is 13.5. The predicted octanol–water partition coefficient (Wildman–Crippen LogP) is 5.54. The first-order valence-corrected chi connectivity index (χ1v) is 6.13. The molecular weight excluding hydrogens is 346 g/mol. The zero-order chi connectivity index (χ0) is 18.3. The standard InChI is InChI=1S/C15H5F8N/c16-11-5-7(4-8(6-24)13(11)17)12-9(14(18,19)20)2-1-3-10(12)15(21,22)23/h1-5H. The highest BCUT2D eigenvalue weighted by Crippen LogP contribution is 2.44. The van der Waals surface area contributed by atoms with Crippen LogP contribution in [0.1, 0.15) is 16.7 Å². The van der Waals surface area contributed by atoms with Crippen molar-refractivity contribution < 1.29 is 35.1 Å². The molecule has 0 saturated heterocycles. The maximum atomic E-state index is 13.5. The summed E-state index contributed by atoms with van der Waals surface area (Å²) in [6.45, 7) is 0. The highest BCUT2D eigenvalue weighted by molar-refractivity contribution is 5.73. The summed E-state index contributed by atoms with van der Waals surface area (Å²) in [4.78, 5) is 0. The van der Waals surface area contributed by atoms with E-state index in [9.17, 15) is 35.1 Å². The van der Waals surface area contributed by atoms with Gasteiger partial charge in [-0.15, -0.1) is 0 Å². The Bertz CT molecular complexity index is 795. The second-order valence-electron chi connectivity index (χ2n) is 4.66. The highest BCUT2D eigenvalue weighted by atomic mass is 19.4. The zero-order valence-corrected chi connectivity index (χ0v) is 11.4. The molecular formula is C15H5F8N. The fourth-order valence-corrected chi connectivity index (χ4v) is 2.15. The van der Waals surface area contributed by atoms with Gasteiger partial charge in [-0.1, -0.05) is 6.07 Å². The summed E-state index contributed by atoms with van der Waals surface area (Å²) in [5, 5.41) is 8.67. The molecule has 0 saturated carbocycles. The van der Waals surface area contributed by atoms with E-state index < -0.39 is 51.8 Å². The van der Waals surface area contributed by atoms with Crippen LogP contribution in [0, 0.1) is 23.0 Å². The Kier molecular flexibility index (Phi) is 4.27. The van der Waals surface area contributed by atoms with E-state index in [4.69, 9.17) is 5.26 Å². The summed E-state index contributed by atoms with van der Waals surface area (Å²) in [6, 6.07) is 3.15. The van der Waals surface area contributed by atoms with Gasteiger partial charge in [-0.2, -0.15) is 31.6 Å². The lowest BCUT2D eigenvalue weighted by Crippen LogP contribution is -2.14. The van der Waals surface area contributed by atoms with E-state index in [1.165, 1.54) is 6.07 Å². The first-order chi connectivity index (χ1) is 11.0. The second kappa shape index (κ2) is 5.78. The predicted molar refractivity (Wildman–Crippen MR) is 66.5 cm³/mol. The monoisotopic (exact) mass is 351 g/mol. The lowest BCUT2D eigenvalue weighted by atomic mass is 9.92. The summed E-state index contributed by atoms with van der Waals surface area (Å²) < 4.78 is 105. The molecule has 1 nitrogen and oxygen atoms in total. The minimum Gasteiger partial charge on any atom is -0.204 e. The molecule has 0 unspecified atom stereocenters. The summed E-state index contributed by atoms with van der Waals surface area (Å²) >= 11 is 0. The van der Waals surface area contributed by atoms with Crippen molar-refractivity contribution >= 4 is 0 Å². The number of benzene rings is 2. The molecule has 0 aliphatic carbocycles. The Morgan fingerprint density at radius 1 is 0.833 bits per heavy atom. The normalized spacial score (nSPS) is 12.1. The SMILES string of the molecule is N#Cc1cc(-c2c(C(F)(F)F)cccc2C(F)(F)F)cc(F)c1F. The topological polar surface area (TPSA) is 23.8 Å². The van der Waals surface area contributed by atoms with Crippen LogP contribution in [0.5, 0.6) is 0 Å². The fraction of sp³-hybridized carbons (Fsp3) is 0.133. The van der Waals surface area contributed by atoms with Crippen LogP contribution >= 0.6 is 0 Å². The van der Waals surface area contributed by atoms with Crippen LogP contribution in [0.15, 0.2) is 30.3 Å². The van der Waals surface area contributed by atoms with Crippen LogP contribution in [0.2, 0.25) is 0 Å². The lowest BCUT2D eigenvalue weighted by Gasteiger charge is -2.19. The first-order valence-electron chi connectivity index (χ1n) is 6.13. The van der Waals surface area contributed by atoms with Gasteiger partial charge < -0.3 is 0 Å². The van der Waals surface area contributed by atoms with Gasteiger partial charge in [0.25, 0.3) is 0 Å². The number of nitrogens with zero attached hydrogens (tertiary/aromatic N) is 1. The molecule has 0 spiro atoms. The van der Waals surface area contributed by atoms with E-state index in [0.717, 1.165) is 0 Å². The Morgan fingerprint density at radius 2 is 1.33 bits per heavy atom. The second-order valence-corrected chi connectivity index (χ2v) is 4.66. The molecule has 2 rings (SSSR count). The zero-order valence-electron chi connectivity index (χ0n) is 11.4. The molecule has 0 aliphatic rings. The smallest absolute Gasteiger partial charge is 0.204 e. The van der Waals surface area contributed by atoms with Crippen molar-refractivity contribution in [1.82, 2.24) is 0 Å². The molecule has 0 amide bonds. The maximum Gasteiger partial charge on any atom is 0.417 e. The summed E-state index contributed by atoms with van der Waals surface area (Å²) in [5.41, 5.74) is -6.62. The van der Waals surface area contributed by atoms with Crippen molar-refractivity contribution in [1.29, 1.82) is 5.26 Å². The Hall–Kier alpha value is -2.63. The summed E-state index contributed by atoms with van der Waals surface area (Å²) in [7, 11) is 0. The van der Waals surface area contributed by atoms with Gasteiger partial charge in [0, 0.05) is 5.56 Å². The van der Waals surface area contributed by atoms with E-state index in [1.54, 1.807) is 0 Å².